The average molecular weight is 263 g/mol. The Morgan fingerprint density at radius 2 is 2.25 bits per heavy atom. The Morgan fingerprint density at radius 1 is 1.50 bits per heavy atom. The average Bonchev–Trinajstić information content (AvgIpc) is 2.74. The molecule has 10 heteroatoms. The maximum atomic E-state index is 10.9. The Bertz CT molecular complexity index is 602. The van der Waals surface area contributed by atoms with E-state index in [1.165, 1.54) is 21.9 Å². The number of aromatic nitrogens is 6. The predicted molar refractivity (Wildman–Crippen MR) is 53.2 cm³/mol. The van der Waals surface area contributed by atoms with Crippen LogP contribution in [0.2, 0.25) is 0 Å². The first kappa shape index (κ1) is 11.0. The summed E-state index contributed by atoms with van der Waals surface area (Å²) in [5, 5.41) is 11.1. The number of hydrogen-bond acceptors (Lipinski definition) is 6. The highest BCUT2D eigenvalue weighted by atomic mass is 35.7. The van der Waals surface area contributed by atoms with Crippen LogP contribution >= 0.6 is 10.7 Å². The first-order chi connectivity index (χ1) is 7.45. The molecule has 0 aliphatic carbocycles. The topological polar surface area (TPSA) is 95.6 Å². The first-order valence-corrected chi connectivity index (χ1v) is 6.45. The van der Waals surface area contributed by atoms with Crippen LogP contribution in [0.4, 0.5) is 0 Å². The number of imidazole rings is 1. The first-order valence-electron chi connectivity index (χ1n) is 4.14. The highest BCUT2D eigenvalue weighted by molar-refractivity contribution is 8.13. The van der Waals surface area contributed by atoms with Gasteiger partial charge in [0.1, 0.15) is 0 Å². The molecule has 8 nitrogen and oxygen atoms in total. The summed E-state index contributed by atoms with van der Waals surface area (Å²) in [4.78, 5) is 4.96. The standard InChI is InChI=1S/C6H7ClN6O2S/c1-12-10-5(9-11-12)2-13-3-6(8-4-13)16(7,14)15/h3-4H,2H2,1H3. The summed E-state index contributed by atoms with van der Waals surface area (Å²) in [5.74, 6) is 0.457. The molecule has 86 valence electrons. The summed E-state index contributed by atoms with van der Waals surface area (Å²) >= 11 is 0. The van der Waals surface area contributed by atoms with Crippen LogP contribution in [-0.2, 0) is 22.6 Å². The van der Waals surface area contributed by atoms with Crippen LogP contribution in [0.5, 0.6) is 0 Å². The third-order valence-corrected chi connectivity index (χ3v) is 2.92. The van der Waals surface area contributed by atoms with Gasteiger partial charge in [-0.1, -0.05) is 0 Å². The number of nitrogens with zero attached hydrogens (tertiary/aromatic N) is 6. The van der Waals surface area contributed by atoms with Crippen molar-refractivity contribution in [3.8, 4) is 0 Å². The molecule has 2 aromatic heterocycles. The zero-order valence-corrected chi connectivity index (χ0v) is 9.72. The van der Waals surface area contributed by atoms with E-state index in [1.54, 1.807) is 7.05 Å². The Morgan fingerprint density at radius 3 is 2.75 bits per heavy atom. The van der Waals surface area contributed by atoms with Gasteiger partial charge in [0.15, 0.2) is 10.9 Å². The molecule has 0 radical (unpaired) electrons. The maximum absolute atomic E-state index is 10.9. The molecule has 0 fully saturated rings. The van der Waals surface area contributed by atoms with Gasteiger partial charge in [-0.15, -0.1) is 10.2 Å². The van der Waals surface area contributed by atoms with Crippen molar-refractivity contribution in [3.63, 3.8) is 0 Å². The smallest absolute Gasteiger partial charge is 0.280 e. The third kappa shape index (κ3) is 2.36. The molecule has 2 rings (SSSR count). The Hall–Kier alpha value is -1.48. The fourth-order valence-electron chi connectivity index (χ4n) is 1.10. The zero-order chi connectivity index (χ0) is 11.8. The Kier molecular flexibility index (Phi) is 2.64. The largest absolute Gasteiger partial charge is 0.328 e. The monoisotopic (exact) mass is 262 g/mol. The summed E-state index contributed by atoms with van der Waals surface area (Å²) in [6, 6.07) is 0. The Labute approximate surface area is 95.3 Å². The van der Waals surface area contributed by atoms with Crippen molar-refractivity contribution < 1.29 is 8.42 Å². The van der Waals surface area contributed by atoms with Gasteiger partial charge in [-0.25, -0.2) is 13.4 Å². The van der Waals surface area contributed by atoms with Crippen molar-refractivity contribution in [1.82, 2.24) is 29.8 Å². The minimum Gasteiger partial charge on any atom is -0.328 e. The van der Waals surface area contributed by atoms with Crippen LogP contribution in [0.3, 0.4) is 0 Å². The van der Waals surface area contributed by atoms with Gasteiger partial charge in [-0.05, 0) is 5.21 Å². The minimum atomic E-state index is -3.79. The van der Waals surface area contributed by atoms with E-state index in [0.717, 1.165) is 0 Å². The molecule has 0 N–H and O–H groups in total. The van der Waals surface area contributed by atoms with Gasteiger partial charge >= 0.3 is 0 Å². The highest BCUT2D eigenvalue weighted by Crippen LogP contribution is 2.11. The molecule has 16 heavy (non-hydrogen) atoms. The second-order valence-electron chi connectivity index (χ2n) is 3.02. The zero-order valence-electron chi connectivity index (χ0n) is 8.15. The predicted octanol–water partition coefficient (Wildman–Crippen LogP) is -0.618. The fourth-order valence-corrected chi connectivity index (χ4v) is 1.78. The third-order valence-electron chi connectivity index (χ3n) is 1.73. The van der Waals surface area contributed by atoms with E-state index in [1.807, 2.05) is 0 Å². The van der Waals surface area contributed by atoms with Gasteiger partial charge in [0.05, 0.1) is 19.9 Å². The summed E-state index contributed by atoms with van der Waals surface area (Å²) in [7, 11) is 2.98. The van der Waals surface area contributed by atoms with E-state index in [2.05, 4.69) is 20.4 Å². The van der Waals surface area contributed by atoms with Crippen LogP contribution in [-0.4, -0.2) is 38.2 Å². The van der Waals surface area contributed by atoms with Crippen molar-refractivity contribution >= 4 is 19.7 Å². The van der Waals surface area contributed by atoms with Crippen molar-refractivity contribution in [2.45, 2.75) is 11.6 Å². The summed E-state index contributed by atoms with van der Waals surface area (Å²) in [6.07, 6.45) is 2.64. The maximum Gasteiger partial charge on any atom is 0.280 e. The molecule has 0 bridgehead atoms. The van der Waals surface area contributed by atoms with Crippen LogP contribution in [0.15, 0.2) is 17.6 Å². The molecule has 2 heterocycles. The van der Waals surface area contributed by atoms with Crippen molar-refractivity contribution in [2.24, 2.45) is 7.05 Å². The second kappa shape index (κ2) is 3.83. The number of halogens is 1. The minimum absolute atomic E-state index is 0.196. The lowest BCUT2D eigenvalue weighted by molar-refractivity contribution is 0.606. The van der Waals surface area contributed by atoms with Crippen molar-refractivity contribution in [3.05, 3.63) is 18.3 Å². The van der Waals surface area contributed by atoms with Crippen LogP contribution in [0.1, 0.15) is 5.82 Å². The van der Waals surface area contributed by atoms with Crippen molar-refractivity contribution in [1.29, 1.82) is 0 Å². The van der Waals surface area contributed by atoms with Crippen LogP contribution in [0, 0.1) is 0 Å². The van der Waals surface area contributed by atoms with Gasteiger partial charge in [-0.3, -0.25) is 0 Å². The van der Waals surface area contributed by atoms with Crippen LogP contribution < -0.4 is 0 Å². The van der Waals surface area contributed by atoms with E-state index in [0.29, 0.717) is 5.82 Å². The molecule has 0 amide bonds. The molecule has 2 aromatic rings. The lowest BCUT2D eigenvalue weighted by Crippen LogP contribution is -2.00. The summed E-state index contributed by atoms with van der Waals surface area (Å²) in [5.41, 5.74) is 0. The van der Waals surface area contributed by atoms with E-state index in [-0.39, 0.29) is 11.6 Å². The molecule has 0 aliphatic heterocycles. The van der Waals surface area contributed by atoms with Gasteiger partial charge < -0.3 is 4.57 Å². The van der Waals surface area contributed by atoms with E-state index in [4.69, 9.17) is 10.7 Å². The summed E-state index contributed by atoms with van der Waals surface area (Å²) < 4.78 is 23.4. The molecule has 0 spiro atoms. The van der Waals surface area contributed by atoms with Gasteiger partial charge in [0.25, 0.3) is 9.05 Å². The molecule has 0 unspecified atom stereocenters. The number of hydrogen-bond donors (Lipinski definition) is 0. The van der Waals surface area contributed by atoms with E-state index < -0.39 is 9.05 Å². The molecular formula is C6H7ClN6O2S. The Balaban J connectivity index is 2.21. The summed E-state index contributed by atoms with van der Waals surface area (Å²) in [6.45, 7) is 0.285. The van der Waals surface area contributed by atoms with E-state index >= 15 is 0 Å². The normalized spacial score (nSPS) is 11.9. The van der Waals surface area contributed by atoms with Gasteiger partial charge in [-0.2, -0.15) is 4.80 Å². The highest BCUT2D eigenvalue weighted by Gasteiger charge is 2.14. The van der Waals surface area contributed by atoms with Crippen molar-refractivity contribution in [2.75, 3.05) is 0 Å². The van der Waals surface area contributed by atoms with Gasteiger partial charge in [0, 0.05) is 16.9 Å². The number of rotatable bonds is 3. The van der Waals surface area contributed by atoms with E-state index in [9.17, 15) is 8.42 Å². The number of tetrazole rings is 1. The van der Waals surface area contributed by atoms with Gasteiger partial charge in [0.2, 0.25) is 0 Å². The number of aryl methyl sites for hydroxylation is 1. The molecule has 0 saturated heterocycles. The quantitative estimate of drug-likeness (QED) is 0.684. The lowest BCUT2D eigenvalue weighted by atomic mass is 10.6. The SMILES string of the molecule is Cn1nnc(Cn2cnc(S(=O)(=O)Cl)c2)n1. The molecule has 0 atom stereocenters. The molecule has 0 aliphatic rings. The lowest BCUT2D eigenvalue weighted by Gasteiger charge is -1.94. The fraction of sp³-hybridized carbons (Fsp3) is 0.333. The molecule has 0 saturated carbocycles. The molecule has 0 aromatic carbocycles. The second-order valence-corrected chi connectivity index (χ2v) is 5.53. The molecular weight excluding hydrogens is 256 g/mol. The van der Waals surface area contributed by atoms with Crippen LogP contribution in [0.25, 0.3) is 0 Å².